The van der Waals surface area contributed by atoms with Crippen molar-refractivity contribution >= 4 is 42.6 Å². The number of nitrogens with zero attached hydrogens (tertiary/aromatic N) is 4. The molecule has 0 saturated carbocycles. The quantitative estimate of drug-likeness (QED) is 0.539. The van der Waals surface area contributed by atoms with Gasteiger partial charge in [-0.3, -0.25) is 4.79 Å². The summed E-state index contributed by atoms with van der Waals surface area (Å²) in [6.45, 7) is 1.81. The van der Waals surface area contributed by atoms with Crippen LogP contribution in [0, 0.1) is 17.5 Å². The largest absolute Gasteiger partial charge is 0.345 e. The van der Waals surface area contributed by atoms with Crippen molar-refractivity contribution in [3.8, 4) is 0 Å². The second-order valence-electron chi connectivity index (χ2n) is 8.27. The summed E-state index contributed by atoms with van der Waals surface area (Å²) >= 11 is 1.19. The monoisotopic (exact) mass is 510 g/mol. The van der Waals surface area contributed by atoms with Crippen LogP contribution < -0.4 is 4.90 Å². The molecule has 180 valence electrons. The number of rotatable bonds is 4. The summed E-state index contributed by atoms with van der Waals surface area (Å²) in [4.78, 5) is 21.0. The Kier molecular flexibility index (Phi) is 5.98. The number of hydrogen-bond acceptors (Lipinski definition) is 6. The van der Waals surface area contributed by atoms with Crippen molar-refractivity contribution in [2.45, 2.75) is 23.8 Å². The zero-order valence-corrected chi connectivity index (χ0v) is 19.6. The van der Waals surface area contributed by atoms with Gasteiger partial charge in [0.25, 0.3) is 0 Å². The van der Waals surface area contributed by atoms with Gasteiger partial charge in [0.15, 0.2) is 10.9 Å². The van der Waals surface area contributed by atoms with E-state index in [1.54, 1.807) is 4.90 Å². The predicted molar refractivity (Wildman–Crippen MR) is 122 cm³/mol. The zero-order chi connectivity index (χ0) is 24.0. The van der Waals surface area contributed by atoms with Crippen molar-refractivity contribution in [1.29, 1.82) is 0 Å². The SMILES string of the molecule is O=C(C1CCCN1S(=O)(=O)c1ccc(F)cc1)N1CCN(c2nc3c(F)cc(F)cc3s2)CC1. The second kappa shape index (κ2) is 8.82. The minimum absolute atomic E-state index is 0.0436. The minimum Gasteiger partial charge on any atom is -0.345 e. The minimum atomic E-state index is -3.93. The smallest absolute Gasteiger partial charge is 0.243 e. The van der Waals surface area contributed by atoms with E-state index in [2.05, 4.69) is 4.98 Å². The maximum absolute atomic E-state index is 14.0. The number of aromatic nitrogens is 1. The summed E-state index contributed by atoms with van der Waals surface area (Å²) in [6.07, 6.45) is 0.979. The molecule has 3 aromatic rings. The highest BCUT2D eigenvalue weighted by atomic mass is 32.2. The summed E-state index contributed by atoms with van der Waals surface area (Å²) in [7, 11) is -3.93. The first-order chi connectivity index (χ1) is 16.2. The average molecular weight is 511 g/mol. The number of fused-ring (bicyclic) bond motifs is 1. The molecule has 34 heavy (non-hydrogen) atoms. The third kappa shape index (κ3) is 4.14. The molecule has 1 atom stereocenters. The molecule has 12 heteroatoms. The molecule has 0 aliphatic carbocycles. The number of anilines is 1. The standard InChI is InChI=1S/C22H21F3N4O3S2/c23-14-3-5-16(6-4-14)34(31,32)29-7-1-2-18(29)21(30)27-8-10-28(11-9-27)22-26-20-17(25)12-15(24)13-19(20)33-22/h3-6,12-13,18H,1-2,7-11H2. The van der Waals surface area contributed by atoms with Crippen LogP contribution in [0.2, 0.25) is 0 Å². The molecular formula is C22H21F3N4O3S2. The molecule has 1 unspecified atom stereocenters. The summed E-state index contributed by atoms with van der Waals surface area (Å²) in [5.74, 6) is -2.17. The number of carbonyl (C=O) groups is 1. The Bertz CT molecular complexity index is 1340. The van der Waals surface area contributed by atoms with Crippen LogP contribution in [0.4, 0.5) is 18.3 Å². The highest BCUT2D eigenvalue weighted by Crippen LogP contribution is 2.32. The number of hydrogen-bond donors (Lipinski definition) is 0. The number of carbonyl (C=O) groups excluding carboxylic acids is 1. The Balaban J connectivity index is 1.28. The summed E-state index contributed by atoms with van der Waals surface area (Å²) < 4.78 is 68.5. The maximum Gasteiger partial charge on any atom is 0.243 e. The average Bonchev–Trinajstić information content (AvgIpc) is 3.47. The molecule has 0 bridgehead atoms. The number of halogens is 3. The molecule has 2 aliphatic heterocycles. The van der Waals surface area contributed by atoms with Gasteiger partial charge >= 0.3 is 0 Å². The van der Waals surface area contributed by atoms with Crippen molar-refractivity contribution in [2.75, 3.05) is 37.6 Å². The van der Waals surface area contributed by atoms with E-state index in [0.29, 0.717) is 48.9 Å². The molecule has 5 rings (SSSR count). The van der Waals surface area contributed by atoms with Crippen LogP contribution in [0.5, 0.6) is 0 Å². The first-order valence-corrected chi connectivity index (χ1v) is 13.1. The molecular weight excluding hydrogens is 489 g/mol. The molecule has 2 aromatic carbocycles. The molecule has 2 aliphatic rings. The van der Waals surface area contributed by atoms with Crippen LogP contribution in [0.15, 0.2) is 41.3 Å². The fourth-order valence-electron chi connectivity index (χ4n) is 4.43. The second-order valence-corrected chi connectivity index (χ2v) is 11.2. The Morgan fingerprint density at radius 2 is 1.68 bits per heavy atom. The Labute approximate surface area is 198 Å². The van der Waals surface area contributed by atoms with E-state index in [-0.39, 0.29) is 22.9 Å². The number of benzene rings is 2. The van der Waals surface area contributed by atoms with E-state index in [0.717, 1.165) is 18.2 Å². The highest BCUT2D eigenvalue weighted by Gasteiger charge is 2.41. The van der Waals surface area contributed by atoms with Crippen LogP contribution in [-0.4, -0.2) is 67.3 Å². The van der Waals surface area contributed by atoms with Gasteiger partial charge in [0, 0.05) is 38.8 Å². The van der Waals surface area contributed by atoms with Gasteiger partial charge in [0.05, 0.1) is 9.60 Å². The van der Waals surface area contributed by atoms with Gasteiger partial charge in [-0.25, -0.2) is 26.6 Å². The summed E-state index contributed by atoms with van der Waals surface area (Å²) in [6, 6.07) is 5.82. The van der Waals surface area contributed by atoms with Crippen LogP contribution in [0.1, 0.15) is 12.8 Å². The van der Waals surface area contributed by atoms with E-state index in [4.69, 9.17) is 0 Å². The van der Waals surface area contributed by atoms with E-state index >= 15 is 0 Å². The number of piperazine rings is 1. The normalized spacial score (nSPS) is 19.8. The van der Waals surface area contributed by atoms with Gasteiger partial charge in [0.1, 0.15) is 23.2 Å². The first kappa shape index (κ1) is 23.1. The molecule has 2 saturated heterocycles. The Morgan fingerprint density at radius 3 is 2.38 bits per heavy atom. The van der Waals surface area contributed by atoms with Gasteiger partial charge in [-0.05, 0) is 43.2 Å². The van der Waals surface area contributed by atoms with Gasteiger partial charge in [0.2, 0.25) is 15.9 Å². The molecule has 1 amide bonds. The first-order valence-electron chi connectivity index (χ1n) is 10.8. The summed E-state index contributed by atoms with van der Waals surface area (Å²) in [5.41, 5.74) is 0.118. The molecule has 0 N–H and O–H groups in total. The molecule has 7 nitrogen and oxygen atoms in total. The number of amides is 1. The third-order valence-corrected chi connectivity index (χ3v) is 9.16. The van der Waals surface area contributed by atoms with Crippen molar-refractivity contribution in [3.63, 3.8) is 0 Å². The highest BCUT2D eigenvalue weighted by molar-refractivity contribution is 7.89. The van der Waals surface area contributed by atoms with E-state index in [1.807, 2.05) is 4.90 Å². The maximum atomic E-state index is 14.0. The fraction of sp³-hybridized carbons (Fsp3) is 0.364. The Hall–Kier alpha value is -2.70. The van der Waals surface area contributed by atoms with Crippen molar-refractivity contribution < 1.29 is 26.4 Å². The van der Waals surface area contributed by atoms with Gasteiger partial charge < -0.3 is 9.80 Å². The zero-order valence-electron chi connectivity index (χ0n) is 18.0. The summed E-state index contributed by atoms with van der Waals surface area (Å²) in [5, 5.41) is 0.549. The fourth-order valence-corrected chi connectivity index (χ4v) is 7.13. The van der Waals surface area contributed by atoms with E-state index in [9.17, 15) is 26.4 Å². The molecule has 3 heterocycles. The van der Waals surface area contributed by atoms with Crippen molar-refractivity contribution in [2.24, 2.45) is 0 Å². The van der Waals surface area contributed by atoms with E-state index in [1.165, 1.54) is 33.8 Å². The predicted octanol–water partition coefficient (Wildman–Crippen LogP) is 3.22. The topological polar surface area (TPSA) is 73.8 Å². The lowest BCUT2D eigenvalue weighted by molar-refractivity contribution is -0.134. The van der Waals surface area contributed by atoms with Crippen LogP contribution in [0.25, 0.3) is 10.2 Å². The van der Waals surface area contributed by atoms with Crippen LogP contribution in [0.3, 0.4) is 0 Å². The third-order valence-electron chi connectivity index (χ3n) is 6.17. The lowest BCUT2D eigenvalue weighted by Crippen LogP contribution is -2.54. The lowest BCUT2D eigenvalue weighted by atomic mass is 10.2. The van der Waals surface area contributed by atoms with Crippen molar-refractivity contribution in [1.82, 2.24) is 14.2 Å². The molecule has 0 radical (unpaired) electrons. The van der Waals surface area contributed by atoms with Gasteiger partial charge in [-0.2, -0.15) is 4.31 Å². The van der Waals surface area contributed by atoms with Crippen molar-refractivity contribution in [3.05, 3.63) is 53.8 Å². The molecule has 2 fully saturated rings. The Morgan fingerprint density at radius 1 is 0.971 bits per heavy atom. The lowest BCUT2D eigenvalue weighted by Gasteiger charge is -2.37. The molecule has 1 aromatic heterocycles. The number of sulfonamides is 1. The van der Waals surface area contributed by atoms with Gasteiger partial charge in [-0.1, -0.05) is 11.3 Å². The van der Waals surface area contributed by atoms with E-state index < -0.39 is 33.5 Å². The number of thiazole rings is 1. The van der Waals surface area contributed by atoms with Crippen LogP contribution >= 0.6 is 11.3 Å². The van der Waals surface area contributed by atoms with Crippen LogP contribution in [-0.2, 0) is 14.8 Å². The molecule has 0 spiro atoms. The van der Waals surface area contributed by atoms with Gasteiger partial charge in [-0.15, -0.1) is 0 Å².